The van der Waals surface area contributed by atoms with Gasteiger partial charge in [-0.3, -0.25) is 4.79 Å². The summed E-state index contributed by atoms with van der Waals surface area (Å²) >= 11 is 0. The Balaban J connectivity index is 1.46. The molecule has 0 saturated carbocycles. The molecule has 0 saturated heterocycles. The van der Waals surface area contributed by atoms with E-state index >= 15 is 0 Å². The number of halogens is 2. The van der Waals surface area contributed by atoms with E-state index in [1.165, 1.54) is 0 Å². The number of nitrogens with one attached hydrogen (secondary N) is 2. The summed E-state index contributed by atoms with van der Waals surface area (Å²) in [6.45, 7) is 0.745. The van der Waals surface area contributed by atoms with E-state index in [9.17, 15) is 13.6 Å². The molecule has 0 radical (unpaired) electrons. The van der Waals surface area contributed by atoms with Gasteiger partial charge in [-0.15, -0.1) is 0 Å². The molecule has 7 nitrogen and oxygen atoms in total. The summed E-state index contributed by atoms with van der Waals surface area (Å²) in [5.41, 5.74) is 0.200. The van der Waals surface area contributed by atoms with Crippen molar-refractivity contribution in [1.82, 2.24) is 15.3 Å². The highest BCUT2D eigenvalue weighted by Gasteiger charge is 2.30. The minimum atomic E-state index is -0.870. The Kier molecular flexibility index (Phi) is 5.12. The van der Waals surface area contributed by atoms with Gasteiger partial charge >= 0.3 is 0 Å². The number of hydrogen-bond acceptors (Lipinski definition) is 6. The van der Waals surface area contributed by atoms with E-state index in [1.807, 2.05) is 0 Å². The number of rotatable bonds is 6. The maximum Gasteiger partial charge on any atom is 0.264 e. The number of carbonyl (C=O) groups excluding carboxylic acids is 1. The minimum absolute atomic E-state index is 0.00167. The monoisotopic (exact) mass is 347 g/mol. The van der Waals surface area contributed by atoms with Crippen LogP contribution in [0.5, 0.6) is 0 Å². The number of hydrogen-bond donors (Lipinski definition) is 2. The quantitative estimate of drug-likeness (QED) is 0.773. The number of aromatic nitrogens is 2. The van der Waals surface area contributed by atoms with E-state index in [-0.39, 0.29) is 23.6 Å². The van der Waals surface area contributed by atoms with Crippen molar-refractivity contribution in [3.05, 3.63) is 53.9 Å². The number of amides is 1. The minimum Gasteiger partial charge on any atom is -0.382 e. The van der Waals surface area contributed by atoms with Crippen molar-refractivity contribution in [2.45, 2.75) is 12.5 Å². The Labute approximate surface area is 142 Å². The zero-order valence-corrected chi connectivity index (χ0v) is 13.1. The summed E-state index contributed by atoms with van der Waals surface area (Å²) in [4.78, 5) is 25.1. The Bertz CT molecular complexity index is 785. The second-order valence-electron chi connectivity index (χ2n) is 5.25. The standard InChI is InChI=1S/C16H15F2N5O2/c17-10-2-3-12(18)11(8-10)13-9-14(25-23-13)15(24)19-6-7-22-16-20-4-1-5-21-16/h1-5,8,14H,6-7,9H2,(H,19,24)(H,20,21,22)/t14-/m0/s1. The van der Waals surface area contributed by atoms with Crippen molar-refractivity contribution < 1.29 is 18.4 Å². The van der Waals surface area contributed by atoms with Crippen molar-refractivity contribution in [2.75, 3.05) is 18.4 Å². The second-order valence-corrected chi connectivity index (χ2v) is 5.25. The van der Waals surface area contributed by atoms with E-state index in [2.05, 4.69) is 25.8 Å². The molecule has 1 atom stereocenters. The number of carbonyl (C=O) groups is 1. The molecule has 1 aromatic heterocycles. The first-order chi connectivity index (χ1) is 12.1. The average Bonchev–Trinajstić information content (AvgIpc) is 3.11. The highest BCUT2D eigenvalue weighted by atomic mass is 19.1. The van der Waals surface area contributed by atoms with E-state index in [0.717, 1.165) is 18.2 Å². The van der Waals surface area contributed by atoms with E-state index < -0.39 is 17.7 Å². The van der Waals surface area contributed by atoms with Crippen molar-refractivity contribution in [2.24, 2.45) is 5.16 Å². The van der Waals surface area contributed by atoms with Crippen LogP contribution in [0.2, 0.25) is 0 Å². The predicted octanol–water partition coefficient (Wildman–Crippen LogP) is 1.48. The lowest BCUT2D eigenvalue weighted by Gasteiger charge is -2.10. The van der Waals surface area contributed by atoms with Crippen LogP contribution in [0.3, 0.4) is 0 Å². The van der Waals surface area contributed by atoms with Gasteiger partial charge in [0.25, 0.3) is 5.91 Å². The van der Waals surface area contributed by atoms with Crippen molar-refractivity contribution in [1.29, 1.82) is 0 Å². The van der Waals surface area contributed by atoms with Crippen LogP contribution < -0.4 is 10.6 Å². The summed E-state index contributed by atoms with van der Waals surface area (Å²) in [7, 11) is 0. The highest BCUT2D eigenvalue weighted by Crippen LogP contribution is 2.20. The third-order valence-corrected chi connectivity index (χ3v) is 3.47. The lowest BCUT2D eigenvalue weighted by atomic mass is 10.0. The maximum atomic E-state index is 13.7. The Hall–Kier alpha value is -3.10. The molecule has 1 aliphatic rings. The lowest BCUT2D eigenvalue weighted by molar-refractivity contribution is -0.131. The number of oxime groups is 1. The molecule has 1 amide bonds. The van der Waals surface area contributed by atoms with Crippen molar-refractivity contribution in [3.63, 3.8) is 0 Å². The molecule has 25 heavy (non-hydrogen) atoms. The first-order valence-electron chi connectivity index (χ1n) is 7.60. The summed E-state index contributed by atoms with van der Waals surface area (Å²) in [5, 5.41) is 9.31. The van der Waals surface area contributed by atoms with Crippen LogP contribution in [0, 0.1) is 11.6 Å². The van der Waals surface area contributed by atoms with Crippen LogP contribution in [0.1, 0.15) is 12.0 Å². The third-order valence-electron chi connectivity index (χ3n) is 3.47. The van der Waals surface area contributed by atoms with Gasteiger partial charge in [0.05, 0.1) is 5.71 Å². The number of benzene rings is 1. The third kappa shape index (κ3) is 4.25. The molecular weight excluding hydrogens is 332 g/mol. The fraction of sp³-hybridized carbons (Fsp3) is 0.250. The zero-order chi connectivity index (χ0) is 17.6. The van der Waals surface area contributed by atoms with Crippen LogP contribution >= 0.6 is 0 Å². The SMILES string of the molecule is O=C(NCCNc1ncccn1)[C@@H]1CC(c2cc(F)ccc2F)=NO1. The molecule has 9 heteroatoms. The van der Waals surface area contributed by atoms with Crippen LogP contribution in [0.15, 0.2) is 41.8 Å². The van der Waals surface area contributed by atoms with Gasteiger partial charge in [-0.1, -0.05) is 5.16 Å². The Morgan fingerprint density at radius 2 is 2.04 bits per heavy atom. The van der Waals surface area contributed by atoms with Gasteiger partial charge in [-0.05, 0) is 24.3 Å². The van der Waals surface area contributed by atoms with Gasteiger partial charge in [-0.25, -0.2) is 18.7 Å². The largest absolute Gasteiger partial charge is 0.382 e. The molecule has 2 heterocycles. The summed E-state index contributed by atoms with van der Waals surface area (Å²) in [6.07, 6.45) is 2.40. The van der Waals surface area contributed by atoms with Gasteiger partial charge in [0.1, 0.15) is 11.6 Å². The maximum absolute atomic E-state index is 13.7. The first kappa shape index (κ1) is 16.7. The zero-order valence-electron chi connectivity index (χ0n) is 13.1. The molecule has 3 rings (SSSR count). The molecule has 130 valence electrons. The molecule has 0 bridgehead atoms. The van der Waals surface area contributed by atoms with Gasteiger partial charge in [-0.2, -0.15) is 0 Å². The molecule has 1 aliphatic heterocycles. The smallest absolute Gasteiger partial charge is 0.264 e. The molecule has 2 aromatic rings. The molecule has 0 fully saturated rings. The fourth-order valence-corrected chi connectivity index (χ4v) is 2.26. The average molecular weight is 347 g/mol. The summed E-state index contributed by atoms with van der Waals surface area (Å²) in [6, 6.07) is 4.76. The van der Waals surface area contributed by atoms with Crippen LogP contribution in [-0.4, -0.2) is 40.8 Å². The molecular formula is C16H15F2N5O2. The van der Waals surface area contributed by atoms with Gasteiger partial charge in [0.15, 0.2) is 0 Å². The molecule has 1 aromatic carbocycles. The summed E-state index contributed by atoms with van der Waals surface area (Å²) < 4.78 is 27.0. The van der Waals surface area contributed by atoms with E-state index in [1.54, 1.807) is 18.5 Å². The van der Waals surface area contributed by atoms with Crippen LogP contribution in [0.25, 0.3) is 0 Å². The Morgan fingerprint density at radius 3 is 2.84 bits per heavy atom. The van der Waals surface area contributed by atoms with Crippen molar-refractivity contribution >= 4 is 17.6 Å². The van der Waals surface area contributed by atoms with Crippen LogP contribution in [0.4, 0.5) is 14.7 Å². The number of nitrogens with zero attached hydrogens (tertiary/aromatic N) is 3. The lowest BCUT2D eigenvalue weighted by Crippen LogP contribution is -2.37. The molecule has 0 unspecified atom stereocenters. The van der Waals surface area contributed by atoms with Crippen LogP contribution in [-0.2, 0) is 9.63 Å². The normalized spacial score (nSPS) is 16.1. The predicted molar refractivity (Wildman–Crippen MR) is 85.9 cm³/mol. The van der Waals surface area contributed by atoms with Gasteiger partial charge in [0, 0.05) is 37.5 Å². The van der Waals surface area contributed by atoms with E-state index in [4.69, 9.17) is 4.84 Å². The van der Waals surface area contributed by atoms with E-state index in [0.29, 0.717) is 19.0 Å². The van der Waals surface area contributed by atoms with Gasteiger partial charge in [0.2, 0.25) is 12.1 Å². The topological polar surface area (TPSA) is 88.5 Å². The second kappa shape index (κ2) is 7.65. The van der Waals surface area contributed by atoms with Gasteiger partial charge < -0.3 is 15.5 Å². The first-order valence-corrected chi connectivity index (χ1v) is 7.60. The number of anilines is 1. The van der Waals surface area contributed by atoms with Crippen molar-refractivity contribution in [3.8, 4) is 0 Å². The summed E-state index contributed by atoms with van der Waals surface area (Å²) in [5.74, 6) is -1.12. The molecule has 0 aliphatic carbocycles. The highest BCUT2D eigenvalue weighted by molar-refractivity contribution is 6.04. The Morgan fingerprint density at radius 1 is 1.24 bits per heavy atom. The fourth-order valence-electron chi connectivity index (χ4n) is 2.26. The molecule has 2 N–H and O–H groups in total. The molecule has 0 spiro atoms.